The standard InChI is InChI=1S/C11H16Cl2N2O2S/c1-14-7-2-3-8-18(16,17)15-11-9(12)5-4-6-10(11)13/h4-6,14-15H,2-3,7-8H2,1H3. The van der Waals surface area contributed by atoms with Crippen molar-refractivity contribution in [2.45, 2.75) is 12.8 Å². The summed E-state index contributed by atoms with van der Waals surface area (Å²) in [6.07, 6.45) is 1.38. The molecule has 0 amide bonds. The van der Waals surface area contributed by atoms with Crippen molar-refractivity contribution in [1.29, 1.82) is 0 Å². The summed E-state index contributed by atoms with van der Waals surface area (Å²) < 4.78 is 26.1. The number of benzene rings is 1. The van der Waals surface area contributed by atoms with Crippen LogP contribution in [-0.2, 0) is 10.0 Å². The highest BCUT2D eigenvalue weighted by atomic mass is 35.5. The Balaban J connectivity index is 2.65. The van der Waals surface area contributed by atoms with E-state index in [-0.39, 0.29) is 11.4 Å². The summed E-state index contributed by atoms with van der Waals surface area (Å²) >= 11 is 11.8. The predicted octanol–water partition coefficient (Wildman–Crippen LogP) is 2.73. The lowest BCUT2D eigenvalue weighted by molar-refractivity contribution is 0.595. The van der Waals surface area contributed by atoms with E-state index in [1.165, 1.54) is 0 Å². The number of halogens is 2. The van der Waals surface area contributed by atoms with Gasteiger partial charge in [-0.2, -0.15) is 0 Å². The minimum Gasteiger partial charge on any atom is -0.320 e. The molecule has 7 heteroatoms. The Morgan fingerprint density at radius 1 is 1.17 bits per heavy atom. The van der Waals surface area contributed by atoms with Crippen LogP contribution in [0.25, 0.3) is 0 Å². The number of unbranched alkanes of at least 4 members (excludes halogenated alkanes) is 1. The van der Waals surface area contributed by atoms with Crippen LogP contribution in [0.1, 0.15) is 12.8 Å². The molecule has 1 aromatic carbocycles. The maximum absolute atomic E-state index is 11.8. The van der Waals surface area contributed by atoms with Crippen LogP contribution in [0.3, 0.4) is 0 Å². The summed E-state index contributed by atoms with van der Waals surface area (Å²) in [6.45, 7) is 0.794. The van der Waals surface area contributed by atoms with Crippen molar-refractivity contribution in [1.82, 2.24) is 5.32 Å². The Morgan fingerprint density at radius 3 is 2.33 bits per heavy atom. The Labute approximate surface area is 118 Å². The molecule has 0 aliphatic heterocycles. The molecule has 0 saturated carbocycles. The molecule has 0 spiro atoms. The van der Waals surface area contributed by atoms with Crippen molar-refractivity contribution >= 4 is 38.9 Å². The fraction of sp³-hybridized carbons (Fsp3) is 0.455. The number of anilines is 1. The molecule has 1 rings (SSSR count). The van der Waals surface area contributed by atoms with Gasteiger partial charge in [-0.25, -0.2) is 8.42 Å². The van der Waals surface area contributed by atoms with Crippen molar-refractivity contribution in [2.24, 2.45) is 0 Å². The molecule has 2 N–H and O–H groups in total. The highest BCUT2D eigenvalue weighted by Crippen LogP contribution is 2.30. The summed E-state index contributed by atoms with van der Waals surface area (Å²) in [4.78, 5) is 0. The lowest BCUT2D eigenvalue weighted by Crippen LogP contribution is -2.18. The van der Waals surface area contributed by atoms with Gasteiger partial charge in [0, 0.05) is 0 Å². The van der Waals surface area contributed by atoms with Gasteiger partial charge in [-0.3, -0.25) is 4.72 Å². The number of para-hydroxylation sites is 1. The van der Waals surface area contributed by atoms with Gasteiger partial charge >= 0.3 is 0 Å². The van der Waals surface area contributed by atoms with Crippen LogP contribution < -0.4 is 10.0 Å². The third kappa shape index (κ3) is 5.02. The average Bonchev–Trinajstić information content (AvgIpc) is 2.30. The number of nitrogens with one attached hydrogen (secondary N) is 2. The zero-order chi connectivity index (χ0) is 13.6. The van der Waals surface area contributed by atoms with Crippen molar-refractivity contribution in [3.8, 4) is 0 Å². The largest absolute Gasteiger partial charge is 0.320 e. The SMILES string of the molecule is CNCCCCS(=O)(=O)Nc1c(Cl)cccc1Cl. The molecule has 0 aliphatic carbocycles. The summed E-state index contributed by atoms with van der Waals surface area (Å²) in [5.74, 6) is 0.0518. The number of hydrogen-bond acceptors (Lipinski definition) is 3. The molecule has 0 radical (unpaired) electrons. The lowest BCUT2D eigenvalue weighted by Gasteiger charge is -2.10. The van der Waals surface area contributed by atoms with E-state index in [9.17, 15) is 8.42 Å². The second kappa shape index (κ2) is 7.19. The van der Waals surface area contributed by atoms with E-state index in [1.807, 2.05) is 7.05 Å². The fourth-order valence-corrected chi connectivity index (χ4v) is 3.22. The Bertz CT molecular complexity index is 472. The van der Waals surface area contributed by atoms with Gasteiger partial charge in [0.2, 0.25) is 10.0 Å². The van der Waals surface area contributed by atoms with Gasteiger partial charge < -0.3 is 5.32 Å². The normalized spacial score (nSPS) is 11.5. The summed E-state index contributed by atoms with van der Waals surface area (Å²) in [6, 6.07) is 4.84. The first-order chi connectivity index (χ1) is 8.46. The molecule has 0 bridgehead atoms. The molecule has 102 valence electrons. The van der Waals surface area contributed by atoms with Crippen LogP contribution >= 0.6 is 23.2 Å². The van der Waals surface area contributed by atoms with Crippen LogP contribution in [0, 0.1) is 0 Å². The summed E-state index contributed by atoms with van der Waals surface area (Å²) in [7, 11) is -1.58. The van der Waals surface area contributed by atoms with Gasteiger partial charge in [-0.1, -0.05) is 29.3 Å². The first-order valence-corrected chi connectivity index (χ1v) is 7.96. The van der Waals surface area contributed by atoms with Gasteiger partial charge in [-0.15, -0.1) is 0 Å². The van der Waals surface area contributed by atoms with Crippen LogP contribution in [0.5, 0.6) is 0 Å². The minimum atomic E-state index is -3.41. The van der Waals surface area contributed by atoms with Crippen LogP contribution in [0.2, 0.25) is 10.0 Å². The maximum atomic E-state index is 11.8. The van der Waals surface area contributed by atoms with E-state index in [4.69, 9.17) is 23.2 Å². The van der Waals surface area contributed by atoms with E-state index in [2.05, 4.69) is 10.0 Å². The highest BCUT2D eigenvalue weighted by molar-refractivity contribution is 7.92. The highest BCUT2D eigenvalue weighted by Gasteiger charge is 2.14. The molecule has 0 aromatic heterocycles. The molecular weight excluding hydrogens is 295 g/mol. The topological polar surface area (TPSA) is 58.2 Å². The third-order valence-corrected chi connectivity index (χ3v) is 4.28. The Morgan fingerprint density at radius 2 is 1.78 bits per heavy atom. The summed E-state index contributed by atoms with van der Waals surface area (Å²) in [5.41, 5.74) is 0.245. The monoisotopic (exact) mass is 310 g/mol. The smallest absolute Gasteiger partial charge is 0.232 e. The van der Waals surface area contributed by atoms with Crippen molar-refractivity contribution in [3.05, 3.63) is 28.2 Å². The maximum Gasteiger partial charge on any atom is 0.232 e. The first kappa shape index (κ1) is 15.6. The third-order valence-electron chi connectivity index (χ3n) is 2.31. The number of sulfonamides is 1. The van der Waals surface area contributed by atoms with E-state index in [0.717, 1.165) is 13.0 Å². The molecule has 0 saturated heterocycles. The van der Waals surface area contributed by atoms with Gasteiger partial charge in [-0.05, 0) is 38.6 Å². The van der Waals surface area contributed by atoms with E-state index in [0.29, 0.717) is 16.5 Å². The molecule has 1 aromatic rings. The Kier molecular flexibility index (Phi) is 6.21. The van der Waals surface area contributed by atoms with Crippen molar-refractivity contribution < 1.29 is 8.42 Å². The van der Waals surface area contributed by atoms with Crippen molar-refractivity contribution in [2.75, 3.05) is 24.1 Å². The van der Waals surface area contributed by atoms with Gasteiger partial charge in [0.25, 0.3) is 0 Å². The van der Waals surface area contributed by atoms with E-state index < -0.39 is 10.0 Å². The van der Waals surface area contributed by atoms with Crippen LogP contribution in [0.15, 0.2) is 18.2 Å². The first-order valence-electron chi connectivity index (χ1n) is 5.55. The second-order valence-corrected chi connectivity index (χ2v) is 6.48. The quantitative estimate of drug-likeness (QED) is 0.761. The Hall–Kier alpha value is -0.490. The zero-order valence-corrected chi connectivity index (χ0v) is 12.4. The van der Waals surface area contributed by atoms with Crippen LogP contribution in [0.4, 0.5) is 5.69 Å². The molecule has 0 unspecified atom stereocenters. The average molecular weight is 311 g/mol. The molecule has 18 heavy (non-hydrogen) atoms. The molecule has 0 fully saturated rings. The van der Waals surface area contributed by atoms with Gasteiger partial charge in [0.15, 0.2) is 0 Å². The molecule has 0 atom stereocenters. The zero-order valence-electron chi connectivity index (χ0n) is 10.0. The molecule has 0 aliphatic rings. The molecular formula is C11H16Cl2N2O2S. The predicted molar refractivity (Wildman–Crippen MR) is 77.0 cm³/mol. The second-order valence-electron chi connectivity index (χ2n) is 3.83. The van der Waals surface area contributed by atoms with Gasteiger partial charge in [0.1, 0.15) is 0 Å². The number of hydrogen-bond donors (Lipinski definition) is 2. The lowest BCUT2D eigenvalue weighted by atomic mass is 10.3. The van der Waals surface area contributed by atoms with Gasteiger partial charge in [0.05, 0.1) is 21.5 Å². The fourth-order valence-electron chi connectivity index (χ4n) is 1.40. The van der Waals surface area contributed by atoms with Crippen molar-refractivity contribution in [3.63, 3.8) is 0 Å². The van der Waals surface area contributed by atoms with Crippen LogP contribution in [-0.4, -0.2) is 27.8 Å². The van der Waals surface area contributed by atoms with E-state index >= 15 is 0 Å². The minimum absolute atomic E-state index is 0.0518. The van der Waals surface area contributed by atoms with E-state index in [1.54, 1.807) is 18.2 Å². The summed E-state index contributed by atoms with van der Waals surface area (Å²) in [5, 5.41) is 3.55. The molecule has 0 heterocycles. The molecule has 4 nitrogen and oxygen atoms in total. The number of rotatable bonds is 7.